The monoisotopic (exact) mass is 270 g/mol. The van der Waals surface area contributed by atoms with Crippen molar-refractivity contribution in [2.75, 3.05) is 32.8 Å². The second-order valence-corrected chi connectivity index (χ2v) is 5.28. The number of carboxylic acid groups (broad SMARTS) is 1. The number of likely N-dealkylation sites (tertiary alicyclic amines) is 1. The van der Waals surface area contributed by atoms with Crippen LogP contribution in [0.25, 0.3) is 0 Å². The molecule has 2 aliphatic heterocycles. The van der Waals surface area contributed by atoms with E-state index in [1.807, 2.05) is 0 Å². The second-order valence-electron chi connectivity index (χ2n) is 5.28. The minimum absolute atomic E-state index is 0.0792. The van der Waals surface area contributed by atoms with E-state index >= 15 is 0 Å². The van der Waals surface area contributed by atoms with E-state index in [9.17, 15) is 9.59 Å². The standard InChI is InChI=1S/C13H22N2O4/c16-12(9-19-11-3-5-14-6-4-11)15-7-1-2-10(8-15)13(17)18/h10-11,14H,1-9H2,(H,17,18). The fourth-order valence-electron chi connectivity index (χ4n) is 2.65. The van der Waals surface area contributed by atoms with Gasteiger partial charge >= 0.3 is 5.97 Å². The summed E-state index contributed by atoms with van der Waals surface area (Å²) in [5.74, 6) is -1.31. The molecule has 108 valence electrons. The van der Waals surface area contributed by atoms with E-state index in [0.29, 0.717) is 19.5 Å². The first kappa shape index (κ1) is 14.3. The van der Waals surface area contributed by atoms with Crippen LogP contribution < -0.4 is 5.32 Å². The molecule has 0 aromatic heterocycles. The molecular weight excluding hydrogens is 248 g/mol. The molecule has 2 rings (SSSR count). The molecule has 2 heterocycles. The SMILES string of the molecule is O=C(O)C1CCCN(C(=O)COC2CCNCC2)C1. The van der Waals surface area contributed by atoms with Crippen LogP contribution in [0.5, 0.6) is 0 Å². The third kappa shape index (κ3) is 4.18. The number of nitrogens with zero attached hydrogens (tertiary/aromatic N) is 1. The minimum atomic E-state index is -0.809. The van der Waals surface area contributed by atoms with E-state index in [4.69, 9.17) is 9.84 Å². The van der Waals surface area contributed by atoms with Crippen molar-refractivity contribution >= 4 is 11.9 Å². The van der Waals surface area contributed by atoms with Gasteiger partial charge in [0.1, 0.15) is 6.61 Å². The Morgan fingerprint density at radius 2 is 2.00 bits per heavy atom. The number of hydrogen-bond acceptors (Lipinski definition) is 4. The first-order valence-electron chi connectivity index (χ1n) is 6.99. The van der Waals surface area contributed by atoms with Gasteiger partial charge in [-0.05, 0) is 38.8 Å². The Morgan fingerprint density at radius 1 is 1.26 bits per heavy atom. The lowest BCUT2D eigenvalue weighted by molar-refractivity contribution is -0.147. The molecular formula is C13H22N2O4. The van der Waals surface area contributed by atoms with Gasteiger partial charge in [-0.2, -0.15) is 0 Å². The number of nitrogens with one attached hydrogen (secondary N) is 1. The Morgan fingerprint density at radius 3 is 2.68 bits per heavy atom. The van der Waals surface area contributed by atoms with Gasteiger partial charge in [0.25, 0.3) is 0 Å². The summed E-state index contributed by atoms with van der Waals surface area (Å²) in [7, 11) is 0. The van der Waals surface area contributed by atoms with Gasteiger partial charge < -0.3 is 20.1 Å². The number of ether oxygens (including phenoxy) is 1. The zero-order chi connectivity index (χ0) is 13.7. The number of piperidine rings is 2. The maximum absolute atomic E-state index is 12.0. The molecule has 0 aromatic rings. The van der Waals surface area contributed by atoms with Gasteiger partial charge in [0, 0.05) is 13.1 Å². The van der Waals surface area contributed by atoms with Crippen LogP contribution in [0.4, 0.5) is 0 Å². The van der Waals surface area contributed by atoms with Gasteiger partial charge in [-0.15, -0.1) is 0 Å². The van der Waals surface area contributed by atoms with Crippen LogP contribution in [0.15, 0.2) is 0 Å². The Labute approximate surface area is 113 Å². The highest BCUT2D eigenvalue weighted by Gasteiger charge is 2.28. The average molecular weight is 270 g/mol. The van der Waals surface area contributed by atoms with E-state index < -0.39 is 11.9 Å². The highest BCUT2D eigenvalue weighted by atomic mass is 16.5. The molecule has 0 aliphatic carbocycles. The second kappa shape index (κ2) is 6.86. The molecule has 0 spiro atoms. The normalized spacial score (nSPS) is 25.3. The van der Waals surface area contributed by atoms with Crippen molar-refractivity contribution in [3.63, 3.8) is 0 Å². The van der Waals surface area contributed by atoms with Crippen LogP contribution in [-0.2, 0) is 14.3 Å². The van der Waals surface area contributed by atoms with Gasteiger partial charge in [-0.25, -0.2) is 0 Å². The Bertz CT molecular complexity index is 329. The quantitative estimate of drug-likeness (QED) is 0.756. The maximum Gasteiger partial charge on any atom is 0.308 e. The minimum Gasteiger partial charge on any atom is -0.481 e. The van der Waals surface area contributed by atoms with Crippen molar-refractivity contribution in [3.8, 4) is 0 Å². The molecule has 2 aliphatic rings. The molecule has 0 radical (unpaired) electrons. The molecule has 6 nitrogen and oxygen atoms in total. The van der Waals surface area contributed by atoms with Crippen molar-refractivity contribution in [1.82, 2.24) is 10.2 Å². The molecule has 6 heteroatoms. The molecule has 1 atom stereocenters. The van der Waals surface area contributed by atoms with Crippen LogP contribution in [0.3, 0.4) is 0 Å². The van der Waals surface area contributed by atoms with E-state index in [1.165, 1.54) is 0 Å². The number of rotatable bonds is 4. The van der Waals surface area contributed by atoms with Crippen LogP contribution in [0.2, 0.25) is 0 Å². The van der Waals surface area contributed by atoms with Crippen molar-refractivity contribution in [2.45, 2.75) is 31.8 Å². The van der Waals surface area contributed by atoms with E-state index in [2.05, 4.69) is 5.32 Å². The van der Waals surface area contributed by atoms with Gasteiger partial charge in [-0.3, -0.25) is 9.59 Å². The molecule has 0 aromatic carbocycles. The molecule has 0 bridgehead atoms. The summed E-state index contributed by atoms with van der Waals surface area (Å²) >= 11 is 0. The lowest BCUT2D eigenvalue weighted by Gasteiger charge is -2.31. The van der Waals surface area contributed by atoms with E-state index in [1.54, 1.807) is 4.90 Å². The molecule has 0 saturated carbocycles. The number of hydrogen-bond donors (Lipinski definition) is 2. The van der Waals surface area contributed by atoms with Crippen molar-refractivity contribution in [2.24, 2.45) is 5.92 Å². The number of aliphatic carboxylic acids is 1. The summed E-state index contributed by atoms with van der Waals surface area (Å²) in [6.07, 6.45) is 3.45. The highest BCUT2D eigenvalue weighted by Crippen LogP contribution is 2.17. The number of carbonyl (C=O) groups is 2. The summed E-state index contributed by atoms with van der Waals surface area (Å²) < 4.78 is 5.62. The van der Waals surface area contributed by atoms with Gasteiger partial charge in [-0.1, -0.05) is 0 Å². The third-order valence-electron chi connectivity index (χ3n) is 3.85. The zero-order valence-electron chi connectivity index (χ0n) is 11.1. The molecule has 2 fully saturated rings. The average Bonchev–Trinajstić information content (AvgIpc) is 2.46. The van der Waals surface area contributed by atoms with E-state index in [0.717, 1.165) is 32.4 Å². The predicted molar refractivity (Wildman–Crippen MR) is 68.8 cm³/mol. The summed E-state index contributed by atoms with van der Waals surface area (Å²) in [4.78, 5) is 24.6. The van der Waals surface area contributed by atoms with Crippen molar-refractivity contribution in [1.29, 1.82) is 0 Å². The molecule has 1 unspecified atom stereocenters. The van der Waals surface area contributed by atoms with Crippen LogP contribution in [0.1, 0.15) is 25.7 Å². The van der Waals surface area contributed by atoms with Crippen LogP contribution in [-0.4, -0.2) is 60.8 Å². The summed E-state index contributed by atoms with van der Waals surface area (Å²) in [5.41, 5.74) is 0. The van der Waals surface area contributed by atoms with Crippen molar-refractivity contribution in [3.05, 3.63) is 0 Å². The Hall–Kier alpha value is -1.14. The summed E-state index contributed by atoms with van der Waals surface area (Å²) in [6.45, 7) is 2.92. The summed E-state index contributed by atoms with van der Waals surface area (Å²) in [5, 5.41) is 12.2. The van der Waals surface area contributed by atoms with Gasteiger partial charge in [0.05, 0.1) is 12.0 Å². The Kier molecular flexibility index (Phi) is 5.15. The molecule has 2 N–H and O–H groups in total. The van der Waals surface area contributed by atoms with Crippen LogP contribution in [0, 0.1) is 5.92 Å². The molecule has 2 saturated heterocycles. The topological polar surface area (TPSA) is 78.9 Å². The van der Waals surface area contributed by atoms with Crippen LogP contribution >= 0.6 is 0 Å². The highest BCUT2D eigenvalue weighted by molar-refractivity contribution is 5.79. The Balaban J connectivity index is 1.74. The largest absolute Gasteiger partial charge is 0.481 e. The lowest BCUT2D eigenvalue weighted by Crippen LogP contribution is -2.44. The first-order chi connectivity index (χ1) is 9.16. The lowest BCUT2D eigenvalue weighted by atomic mass is 9.98. The number of carboxylic acids is 1. The fraction of sp³-hybridized carbons (Fsp3) is 0.846. The first-order valence-corrected chi connectivity index (χ1v) is 6.99. The number of carbonyl (C=O) groups excluding carboxylic acids is 1. The fourth-order valence-corrected chi connectivity index (χ4v) is 2.65. The zero-order valence-corrected chi connectivity index (χ0v) is 11.1. The van der Waals surface area contributed by atoms with E-state index in [-0.39, 0.29) is 18.6 Å². The smallest absolute Gasteiger partial charge is 0.308 e. The maximum atomic E-state index is 12.0. The predicted octanol–water partition coefficient (Wildman–Crippen LogP) is 0.0782. The number of amides is 1. The summed E-state index contributed by atoms with van der Waals surface area (Å²) in [6, 6.07) is 0. The van der Waals surface area contributed by atoms with Gasteiger partial charge in [0.15, 0.2) is 0 Å². The van der Waals surface area contributed by atoms with Crippen molar-refractivity contribution < 1.29 is 19.4 Å². The molecule has 1 amide bonds. The molecule has 19 heavy (non-hydrogen) atoms. The van der Waals surface area contributed by atoms with Gasteiger partial charge in [0.2, 0.25) is 5.91 Å². The third-order valence-corrected chi connectivity index (χ3v) is 3.85.